The van der Waals surface area contributed by atoms with Crippen molar-refractivity contribution in [2.75, 3.05) is 13.2 Å². The minimum absolute atomic E-state index is 0.0453. The van der Waals surface area contributed by atoms with E-state index in [1.807, 2.05) is 0 Å². The first kappa shape index (κ1) is 23.7. The Morgan fingerprint density at radius 3 is 2.14 bits per heavy atom. The summed E-state index contributed by atoms with van der Waals surface area (Å²) in [5.74, 6) is -2.76. The molecule has 10 heteroatoms. The summed E-state index contributed by atoms with van der Waals surface area (Å²) in [5.41, 5.74) is 1.18. The van der Waals surface area contributed by atoms with E-state index in [0.717, 1.165) is 4.90 Å². The molecule has 2 aromatic carbocycles. The van der Waals surface area contributed by atoms with Crippen LogP contribution in [-0.2, 0) is 19.1 Å². The number of amides is 4. The van der Waals surface area contributed by atoms with E-state index >= 15 is 0 Å². The van der Waals surface area contributed by atoms with Gasteiger partial charge >= 0.3 is 18.0 Å². The number of hydrogen-bond acceptors (Lipinski definition) is 7. The number of esters is 2. The van der Waals surface area contributed by atoms with Gasteiger partial charge in [0.1, 0.15) is 12.6 Å². The van der Waals surface area contributed by atoms with Gasteiger partial charge in [0.25, 0.3) is 11.8 Å². The van der Waals surface area contributed by atoms with Crippen LogP contribution in [0.2, 0.25) is 0 Å². The third kappa shape index (κ3) is 4.50. The molecule has 4 rings (SSSR count). The van der Waals surface area contributed by atoms with Gasteiger partial charge in [-0.05, 0) is 31.5 Å². The van der Waals surface area contributed by atoms with Gasteiger partial charge in [-0.1, -0.05) is 42.5 Å². The Balaban J connectivity index is 1.57. The maximum atomic E-state index is 12.8. The Morgan fingerprint density at radius 1 is 0.943 bits per heavy atom. The first-order valence-electron chi connectivity index (χ1n) is 11.0. The second kappa shape index (κ2) is 9.80. The van der Waals surface area contributed by atoms with Gasteiger partial charge in [-0.2, -0.15) is 0 Å². The van der Waals surface area contributed by atoms with Crippen molar-refractivity contribution >= 4 is 29.8 Å². The van der Waals surface area contributed by atoms with Crippen molar-refractivity contribution in [1.29, 1.82) is 0 Å². The molecule has 0 spiro atoms. The van der Waals surface area contributed by atoms with Gasteiger partial charge in [0.2, 0.25) is 0 Å². The molecule has 0 bridgehead atoms. The van der Waals surface area contributed by atoms with Crippen LogP contribution in [0.25, 0.3) is 0 Å². The van der Waals surface area contributed by atoms with E-state index in [1.54, 1.807) is 49.4 Å². The fourth-order valence-electron chi connectivity index (χ4n) is 4.01. The zero-order chi connectivity index (χ0) is 25.1. The van der Waals surface area contributed by atoms with E-state index in [-0.39, 0.29) is 29.0 Å². The van der Waals surface area contributed by atoms with Gasteiger partial charge in [0, 0.05) is 0 Å². The topological polar surface area (TPSA) is 131 Å². The van der Waals surface area contributed by atoms with Crippen molar-refractivity contribution in [3.8, 4) is 0 Å². The maximum Gasteiger partial charge on any atom is 0.338 e. The number of carbonyl (C=O) groups excluding carboxylic acids is 5. The van der Waals surface area contributed by atoms with Crippen LogP contribution in [0.1, 0.15) is 46.2 Å². The molecule has 0 radical (unpaired) electrons. The van der Waals surface area contributed by atoms with Gasteiger partial charge in [-0.25, -0.2) is 14.4 Å². The van der Waals surface area contributed by atoms with E-state index in [9.17, 15) is 24.0 Å². The molecule has 0 saturated carbocycles. The monoisotopic (exact) mass is 477 g/mol. The number of imide groups is 1. The average Bonchev–Trinajstić information content (AvgIpc) is 3.12. The third-order valence-electron chi connectivity index (χ3n) is 5.69. The molecular weight excluding hydrogens is 454 g/mol. The van der Waals surface area contributed by atoms with E-state index < -0.39 is 48.5 Å². The fourth-order valence-corrected chi connectivity index (χ4v) is 4.01. The number of ether oxygens (including phenoxy) is 2. The number of nitrogens with one attached hydrogen (secondary N) is 2. The van der Waals surface area contributed by atoms with Crippen LogP contribution >= 0.6 is 0 Å². The number of hydrogen-bond donors (Lipinski definition) is 2. The molecule has 35 heavy (non-hydrogen) atoms. The van der Waals surface area contributed by atoms with Crippen LogP contribution in [0.5, 0.6) is 0 Å². The summed E-state index contributed by atoms with van der Waals surface area (Å²) in [6.07, 6.45) is 0. The smallest absolute Gasteiger partial charge is 0.338 e. The molecule has 0 unspecified atom stereocenters. The first-order valence-corrected chi connectivity index (χ1v) is 11.0. The molecule has 10 nitrogen and oxygen atoms in total. The summed E-state index contributed by atoms with van der Waals surface area (Å²) in [5, 5.41) is 5.19. The predicted molar refractivity (Wildman–Crippen MR) is 122 cm³/mol. The molecule has 0 aromatic heterocycles. The molecule has 4 amide bonds. The van der Waals surface area contributed by atoms with E-state index in [1.165, 1.54) is 19.1 Å². The maximum absolute atomic E-state index is 12.8. The summed E-state index contributed by atoms with van der Waals surface area (Å²) < 4.78 is 10.5. The average molecular weight is 477 g/mol. The van der Waals surface area contributed by atoms with Crippen molar-refractivity contribution in [3.05, 3.63) is 82.6 Å². The Morgan fingerprint density at radius 2 is 1.54 bits per heavy atom. The van der Waals surface area contributed by atoms with Crippen molar-refractivity contribution in [3.63, 3.8) is 0 Å². The molecule has 2 aromatic rings. The van der Waals surface area contributed by atoms with E-state index in [2.05, 4.69) is 10.6 Å². The van der Waals surface area contributed by atoms with Crippen molar-refractivity contribution in [2.45, 2.75) is 25.9 Å². The van der Waals surface area contributed by atoms with Crippen LogP contribution in [0.4, 0.5) is 4.79 Å². The number of carbonyl (C=O) groups is 5. The molecule has 0 fully saturated rings. The second-order valence-corrected chi connectivity index (χ2v) is 7.86. The molecule has 2 N–H and O–H groups in total. The zero-order valence-electron chi connectivity index (χ0n) is 19.1. The molecule has 2 heterocycles. The second-order valence-electron chi connectivity index (χ2n) is 7.86. The summed E-state index contributed by atoms with van der Waals surface area (Å²) in [4.78, 5) is 64.1. The number of urea groups is 1. The lowest BCUT2D eigenvalue weighted by molar-refractivity contribution is -0.147. The zero-order valence-corrected chi connectivity index (χ0v) is 19.1. The molecule has 2 atom stereocenters. The summed E-state index contributed by atoms with van der Waals surface area (Å²) in [6.45, 7) is 2.64. The largest absolute Gasteiger partial charge is 0.463 e. The van der Waals surface area contributed by atoms with Crippen molar-refractivity contribution < 1.29 is 33.4 Å². The number of fused-ring (bicyclic) bond motifs is 1. The first-order chi connectivity index (χ1) is 16.8. The lowest BCUT2D eigenvalue weighted by Crippen LogP contribution is -2.48. The van der Waals surface area contributed by atoms with Crippen LogP contribution < -0.4 is 10.6 Å². The van der Waals surface area contributed by atoms with Crippen LogP contribution in [-0.4, -0.2) is 53.9 Å². The Hall–Kier alpha value is -4.47. The van der Waals surface area contributed by atoms with Gasteiger partial charge in [0.05, 0.1) is 35.0 Å². The lowest BCUT2D eigenvalue weighted by Gasteiger charge is -2.29. The van der Waals surface area contributed by atoms with E-state index in [0.29, 0.717) is 5.56 Å². The van der Waals surface area contributed by atoms with Crippen LogP contribution in [0, 0.1) is 0 Å². The Kier molecular flexibility index (Phi) is 6.63. The minimum Gasteiger partial charge on any atom is -0.463 e. The van der Waals surface area contributed by atoms with Crippen molar-refractivity contribution in [1.82, 2.24) is 15.5 Å². The highest BCUT2D eigenvalue weighted by molar-refractivity contribution is 6.22. The molecule has 0 aliphatic carbocycles. The Labute approximate surface area is 200 Å². The van der Waals surface area contributed by atoms with Crippen LogP contribution in [0.15, 0.2) is 65.9 Å². The molecule has 180 valence electrons. The highest BCUT2D eigenvalue weighted by Crippen LogP contribution is 2.28. The third-order valence-corrected chi connectivity index (χ3v) is 5.69. The lowest BCUT2D eigenvalue weighted by atomic mass is 9.95. The predicted octanol–water partition coefficient (Wildman–Crippen LogP) is 2.09. The molecular formula is C25H23N3O7. The quantitative estimate of drug-likeness (QED) is 0.461. The number of benzene rings is 2. The highest BCUT2D eigenvalue weighted by Gasteiger charge is 2.41. The number of nitrogens with zero attached hydrogens (tertiary/aromatic N) is 1. The van der Waals surface area contributed by atoms with Gasteiger partial charge in [-0.15, -0.1) is 0 Å². The van der Waals surface area contributed by atoms with E-state index in [4.69, 9.17) is 9.47 Å². The molecule has 2 aliphatic rings. The molecule has 0 saturated heterocycles. The van der Waals surface area contributed by atoms with Gasteiger partial charge in [-0.3, -0.25) is 14.5 Å². The van der Waals surface area contributed by atoms with Gasteiger partial charge in [0.15, 0.2) is 0 Å². The standard InChI is InChI=1S/C25H23N3O7/c1-3-34-24(32)19-18(26-25(33)27-20(19)15-9-5-4-6-10-15)13-35-23(31)14(2)28-21(29)16-11-7-8-12-17(16)22(28)30/h4-12,14,20H,3,13H2,1-2H3,(H2,26,27,33)/t14-,20-/m0/s1. The normalized spacial score (nSPS) is 17.9. The highest BCUT2D eigenvalue weighted by atomic mass is 16.5. The summed E-state index contributed by atoms with van der Waals surface area (Å²) >= 11 is 0. The SMILES string of the molecule is CCOC(=O)C1=C(COC(=O)[C@H](C)N2C(=O)c3ccccc3C2=O)NC(=O)N[C@H]1c1ccccc1. The number of rotatable bonds is 7. The van der Waals surface area contributed by atoms with Crippen LogP contribution in [0.3, 0.4) is 0 Å². The van der Waals surface area contributed by atoms with Crippen molar-refractivity contribution in [2.24, 2.45) is 0 Å². The summed E-state index contributed by atoms with van der Waals surface area (Å²) in [7, 11) is 0. The fraction of sp³-hybridized carbons (Fsp3) is 0.240. The Bertz CT molecular complexity index is 1200. The summed E-state index contributed by atoms with van der Waals surface area (Å²) in [6, 6.07) is 12.4. The minimum atomic E-state index is -1.23. The molecule has 2 aliphatic heterocycles. The van der Waals surface area contributed by atoms with Gasteiger partial charge < -0.3 is 20.1 Å².